The van der Waals surface area contributed by atoms with Crippen LogP contribution in [0.2, 0.25) is 0 Å². The summed E-state index contributed by atoms with van der Waals surface area (Å²) in [7, 11) is 0. The van der Waals surface area contributed by atoms with Gasteiger partial charge >= 0.3 is 5.82 Å². The van der Waals surface area contributed by atoms with E-state index in [1.165, 1.54) is 15.7 Å². The second kappa shape index (κ2) is 4.88. The average molecular weight is 306 g/mol. The van der Waals surface area contributed by atoms with Crippen molar-refractivity contribution in [3.63, 3.8) is 0 Å². The lowest BCUT2D eigenvalue weighted by Gasteiger charge is -2.12. The van der Waals surface area contributed by atoms with Gasteiger partial charge in [0.2, 0.25) is 5.82 Å². The molecule has 7 nitrogen and oxygen atoms in total. The van der Waals surface area contributed by atoms with Crippen molar-refractivity contribution in [2.24, 2.45) is 0 Å². The molecule has 8 heteroatoms. The van der Waals surface area contributed by atoms with E-state index in [1.54, 1.807) is 11.6 Å². The van der Waals surface area contributed by atoms with E-state index < -0.39 is 4.92 Å². The smallest absolute Gasteiger partial charge is 0.372 e. The van der Waals surface area contributed by atoms with Crippen molar-refractivity contribution < 1.29 is 9.34 Å². The number of nitro groups is 1. The summed E-state index contributed by atoms with van der Waals surface area (Å²) < 4.78 is 6.98. The zero-order chi connectivity index (χ0) is 15.1. The molecule has 3 aromatic heterocycles. The third kappa shape index (κ3) is 2.27. The summed E-state index contributed by atoms with van der Waals surface area (Å²) in [6.07, 6.45) is 1.65. The monoisotopic (exact) mass is 306 g/mol. The second-order valence-electron chi connectivity index (χ2n) is 4.83. The Kier molecular flexibility index (Phi) is 3.17. The number of rotatable bonds is 4. The van der Waals surface area contributed by atoms with Crippen LogP contribution in [0, 0.1) is 24.0 Å². The van der Waals surface area contributed by atoms with Gasteiger partial charge in [-0.05, 0) is 31.8 Å². The number of nitrogens with one attached hydrogen (secondary N) is 1. The Morgan fingerprint density at radius 2 is 2.29 bits per heavy atom. The molecule has 0 unspecified atom stereocenters. The number of anilines is 1. The van der Waals surface area contributed by atoms with Gasteiger partial charge in [0.05, 0.1) is 6.04 Å². The van der Waals surface area contributed by atoms with Crippen molar-refractivity contribution in [1.29, 1.82) is 0 Å². The first-order valence-electron chi connectivity index (χ1n) is 6.40. The molecule has 0 aliphatic heterocycles. The number of hydrogen-bond donors (Lipinski definition) is 1. The van der Waals surface area contributed by atoms with E-state index >= 15 is 0 Å². The highest BCUT2D eigenvalue weighted by molar-refractivity contribution is 7.15. The normalized spacial score (nSPS) is 12.7. The van der Waals surface area contributed by atoms with Crippen molar-refractivity contribution in [2.75, 3.05) is 5.32 Å². The Morgan fingerprint density at radius 3 is 2.90 bits per heavy atom. The summed E-state index contributed by atoms with van der Waals surface area (Å²) in [6.45, 7) is 5.67. The Labute approximate surface area is 124 Å². The summed E-state index contributed by atoms with van der Waals surface area (Å²) in [5.74, 6) is 1.85. The van der Waals surface area contributed by atoms with Crippen LogP contribution in [0.1, 0.15) is 30.0 Å². The quantitative estimate of drug-likeness (QED) is 0.587. The van der Waals surface area contributed by atoms with Crippen LogP contribution in [-0.2, 0) is 0 Å². The third-order valence-corrected chi connectivity index (χ3v) is 4.07. The molecule has 0 saturated carbocycles. The van der Waals surface area contributed by atoms with Crippen molar-refractivity contribution >= 4 is 27.9 Å². The first-order valence-corrected chi connectivity index (χ1v) is 7.28. The maximum Gasteiger partial charge on any atom is 0.372 e. The number of imidazole rings is 1. The Balaban J connectivity index is 1.97. The number of aryl methyl sites for hydroxylation is 2. The minimum Gasteiger partial charge on any atom is -0.466 e. The molecule has 0 aromatic carbocycles. The minimum atomic E-state index is -0.421. The Morgan fingerprint density at radius 1 is 1.52 bits per heavy atom. The molecule has 3 aromatic rings. The molecule has 21 heavy (non-hydrogen) atoms. The summed E-state index contributed by atoms with van der Waals surface area (Å²) >= 11 is 1.36. The van der Waals surface area contributed by atoms with Crippen LogP contribution in [0.4, 0.5) is 11.6 Å². The largest absolute Gasteiger partial charge is 0.466 e. The molecule has 0 radical (unpaired) electrons. The van der Waals surface area contributed by atoms with Crippen LogP contribution in [-0.4, -0.2) is 14.3 Å². The van der Waals surface area contributed by atoms with Gasteiger partial charge in [0.25, 0.3) is 4.96 Å². The van der Waals surface area contributed by atoms with Crippen molar-refractivity contribution in [3.8, 4) is 0 Å². The van der Waals surface area contributed by atoms with Gasteiger partial charge in [-0.3, -0.25) is 0 Å². The van der Waals surface area contributed by atoms with Crippen LogP contribution < -0.4 is 5.32 Å². The number of hydrogen-bond acceptors (Lipinski definition) is 6. The molecule has 0 aliphatic carbocycles. The zero-order valence-corrected chi connectivity index (χ0v) is 12.6. The van der Waals surface area contributed by atoms with Crippen LogP contribution in [0.25, 0.3) is 4.96 Å². The van der Waals surface area contributed by atoms with Crippen molar-refractivity contribution in [1.82, 2.24) is 9.38 Å². The number of furan rings is 1. The van der Waals surface area contributed by atoms with Gasteiger partial charge in [-0.15, -0.1) is 0 Å². The van der Waals surface area contributed by atoms with Crippen molar-refractivity contribution in [3.05, 3.63) is 44.8 Å². The van der Waals surface area contributed by atoms with Crippen LogP contribution >= 0.6 is 11.3 Å². The lowest BCUT2D eigenvalue weighted by atomic mass is 10.1. The zero-order valence-electron chi connectivity index (χ0n) is 11.8. The molecule has 1 atom stereocenters. The molecular formula is C13H14N4O3S. The van der Waals surface area contributed by atoms with E-state index in [1.807, 2.05) is 26.8 Å². The van der Waals surface area contributed by atoms with E-state index in [-0.39, 0.29) is 17.7 Å². The molecule has 0 spiro atoms. The van der Waals surface area contributed by atoms with Gasteiger partial charge < -0.3 is 19.8 Å². The van der Waals surface area contributed by atoms with Crippen molar-refractivity contribution in [2.45, 2.75) is 26.8 Å². The summed E-state index contributed by atoms with van der Waals surface area (Å²) in [5, 5.41) is 16.2. The fourth-order valence-corrected chi connectivity index (χ4v) is 3.12. The molecular weight excluding hydrogens is 292 g/mol. The van der Waals surface area contributed by atoms with Gasteiger partial charge in [-0.1, -0.05) is 11.3 Å². The molecule has 1 N–H and O–H groups in total. The van der Waals surface area contributed by atoms with E-state index in [9.17, 15) is 10.1 Å². The summed E-state index contributed by atoms with van der Waals surface area (Å²) in [5.41, 5.74) is 0.971. The van der Waals surface area contributed by atoms with E-state index in [0.29, 0.717) is 4.96 Å². The SMILES string of the molecule is Cc1cc([C@@H](C)Nc2nc3sccn3c2[N+](=O)[O-])c(C)o1. The molecule has 0 aliphatic rings. The second-order valence-corrected chi connectivity index (χ2v) is 5.70. The fourth-order valence-electron chi connectivity index (χ4n) is 2.41. The first-order chi connectivity index (χ1) is 9.97. The van der Waals surface area contributed by atoms with Gasteiger partial charge in [0, 0.05) is 10.9 Å². The third-order valence-electron chi connectivity index (χ3n) is 3.31. The predicted molar refractivity (Wildman–Crippen MR) is 79.9 cm³/mol. The highest BCUT2D eigenvalue weighted by Crippen LogP contribution is 2.32. The molecule has 0 amide bonds. The Hall–Kier alpha value is -2.35. The average Bonchev–Trinajstić information content (AvgIpc) is 3.02. The van der Waals surface area contributed by atoms with Gasteiger partial charge in [-0.2, -0.15) is 9.38 Å². The molecule has 3 heterocycles. The summed E-state index contributed by atoms with van der Waals surface area (Å²) in [6, 6.07) is 1.79. The lowest BCUT2D eigenvalue weighted by molar-refractivity contribution is -0.389. The van der Waals surface area contributed by atoms with Crippen LogP contribution in [0.15, 0.2) is 22.1 Å². The minimum absolute atomic E-state index is 0.0454. The lowest BCUT2D eigenvalue weighted by Crippen LogP contribution is -2.09. The predicted octanol–water partition coefficient (Wildman–Crippen LogP) is 3.69. The van der Waals surface area contributed by atoms with Gasteiger partial charge in [-0.25, -0.2) is 0 Å². The molecule has 110 valence electrons. The first kappa shape index (κ1) is 13.6. The number of nitrogens with zero attached hydrogens (tertiary/aromatic N) is 3. The maximum atomic E-state index is 11.3. The van der Waals surface area contributed by atoms with E-state index in [0.717, 1.165) is 17.1 Å². The molecule has 0 saturated heterocycles. The fraction of sp³-hybridized carbons (Fsp3) is 0.308. The van der Waals surface area contributed by atoms with E-state index in [4.69, 9.17) is 4.42 Å². The van der Waals surface area contributed by atoms with Crippen LogP contribution in [0.5, 0.6) is 0 Å². The van der Waals surface area contributed by atoms with Crippen LogP contribution in [0.3, 0.4) is 0 Å². The number of aromatic nitrogens is 2. The standard InChI is InChI=1S/C13H14N4O3S/c1-7-6-10(9(3)20-7)8(2)14-11-12(17(18)19)16-4-5-21-13(16)15-11/h4-6,8,14H,1-3H3/t8-/m1/s1. The van der Waals surface area contributed by atoms with E-state index in [2.05, 4.69) is 10.3 Å². The number of thiazole rings is 1. The number of fused-ring (bicyclic) bond motifs is 1. The topological polar surface area (TPSA) is 85.6 Å². The molecule has 0 fully saturated rings. The maximum absolute atomic E-state index is 11.3. The highest BCUT2D eigenvalue weighted by atomic mass is 32.1. The summed E-state index contributed by atoms with van der Waals surface area (Å²) in [4.78, 5) is 15.7. The molecule has 0 bridgehead atoms. The van der Waals surface area contributed by atoms with Gasteiger partial charge in [0.1, 0.15) is 17.7 Å². The Bertz CT molecular complexity index is 817. The van der Waals surface area contributed by atoms with Gasteiger partial charge in [0.15, 0.2) is 0 Å². The molecule has 3 rings (SSSR count). The highest BCUT2D eigenvalue weighted by Gasteiger charge is 2.25.